The molecular weight excluding hydrogens is 328 g/mol. The van der Waals surface area contributed by atoms with Crippen LogP contribution in [-0.4, -0.2) is 47.2 Å². The highest BCUT2D eigenvalue weighted by molar-refractivity contribution is 5.96. The summed E-state index contributed by atoms with van der Waals surface area (Å²) in [6, 6.07) is 5.35. The Morgan fingerprint density at radius 3 is 2.76 bits per heavy atom. The van der Waals surface area contributed by atoms with Gasteiger partial charge in [-0.2, -0.15) is 0 Å². The van der Waals surface area contributed by atoms with Crippen molar-refractivity contribution in [1.29, 1.82) is 0 Å². The number of nitrogens with zero attached hydrogens (tertiary/aromatic N) is 2. The molecule has 0 N–H and O–H groups in total. The van der Waals surface area contributed by atoms with Gasteiger partial charge in [0.25, 0.3) is 5.91 Å². The van der Waals surface area contributed by atoms with Gasteiger partial charge < -0.3 is 18.5 Å². The molecule has 1 saturated heterocycles. The van der Waals surface area contributed by atoms with Gasteiger partial charge in [0.2, 0.25) is 0 Å². The van der Waals surface area contributed by atoms with Crippen LogP contribution in [0.3, 0.4) is 0 Å². The Bertz CT molecular complexity index is 805. The van der Waals surface area contributed by atoms with Crippen LogP contribution in [0.5, 0.6) is 0 Å². The van der Waals surface area contributed by atoms with E-state index in [1.807, 2.05) is 17.6 Å². The summed E-state index contributed by atoms with van der Waals surface area (Å²) in [6.07, 6.45) is 0.880. The van der Waals surface area contributed by atoms with Crippen molar-refractivity contribution in [2.45, 2.75) is 20.4 Å². The summed E-state index contributed by atoms with van der Waals surface area (Å²) in [6.45, 7) is 4.00. The van der Waals surface area contributed by atoms with Crippen molar-refractivity contribution >= 4 is 18.0 Å². The first-order valence-electron chi connectivity index (χ1n) is 7.80. The number of imide groups is 1. The molecule has 3 heterocycles. The minimum atomic E-state index is -0.710. The Labute approximate surface area is 143 Å². The number of esters is 1. The lowest BCUT2D eigenvalue weighted by Crippen LogP contribution is -2.35. The molecule has 1 fully saturated rings. The van der Waals surface area contributed by atoms with E-state index in [0.29, 0.717) is 17.8 Å². The molecule has 1 aliphatic rings. The maximum Gasteiger partial charge on any atom is 0.416 e. The third-order valence-electron chi connectivity index (χ3n) is 4.08. The standard InChI is InChI=1S/C17H18N2O6/c1-11-8-14(12(2)19(11)9-13-4-3-6-23-13)16(21)25-10-15(20)18-5-7-24-17(18)22/h3-4,6,8H,5,7,9-10H2,1-2H3. The molecule has 2 aromatic heterocycles. The molecule has 0 radical (unpaired) electrons. The molecule has 0 unspecified atom stereocenters. The predicted molar refractivity (Wildman–Crippen MR) is 85.1 cm³/mol. The topological polar surface area (TPSA) is 91.0 Å². The third-order valence-corrected chi connectivity index (χ3v) is 4.08. The van der Waals surface area contributed by atoms with E-state index in [-0.39, 0.29) is 13.2 Å². The minimum absolute atomic E-state index is 0.159. The highest BCUT2D eigenvalue weighted by Gasteiger charge is 2.29. The number of furan rings is 1. The van der Waals surface area contributed by atoms with Gasteiger partial charge in [-0.05, 0) is 32.0 Å². The fraction of sp³-hybridized carbons (Fsp3) is 0.353. The highest BCUT2D eigenvalue weighted by atomic mass is 16.6. The summed E-state index contributed by atoms with van der Waals surface area (Å²) in [5, 5.41) is 0. The van der Waals surface area contributed by atoms with Crippen LogP contribution >= 0.6 is 0 Å². The van der Waals surface area contributed by atoms with Crippen molar-refractivity contribution in [3.05, 3.63) is 47.2 Å². The molecule has 0 spiro atoms. The Hall–Kier alpha value is -3.03. The Morgan fingerprint density at radius 1 is 1.32 bits per heavy atom. The third kappa shape index (κ3) is 3.42. The summed E-state index contributed by atoms with van der Waals surface area (Å²) in [4.78, 5) is 36.4. The first kappa shape index (κ1) is 16.8. The number of ether oxygens (including phenoxy) is 2. The van der Waals surface area contributed by atoms with Gasteiger partial charge in [0.1, 0.15) is 12.4 Å². The molecule has 2 amide bonds. The molecule has 0 aromatic carbocycles. The van der Waals surface area contributed by atoms with Crippen molar-refractivity contribution in [1.82, 2.24) is 9.47 Å². The number of carbonyl (C=O) groups excluding carboxylic acids is 3. The van der Waals surface area contributed by atoms with Gasteiger partial charge in [-0.3, -0.25) is 4.79 Å². The van der Waals surface area contributed by atoms with E-state index < -0.39 is 24.6 Å². The molecule has 8 heteroatoms. The average molecular weight is 346 g/mol. The zero-order valence-corrected chi connectivity index (χ0v) is 14.0. The van der Waals surface area contributed by atoms with Gasteiger partial charge in [0, 0.05) is 11.4 Å². The Morgan fingerprint density at radius 2 is 2.12 bits per heavy atom. The molecule has 3 rings (SSSR count). The van der Waals surface area contributed by atoms with Gasteiger partial charge in [0.05, 0.1) is 24.9 Å². The average Bonchev–Trinajstić information content (AvgIpc) is 3.30. The monoisotopic (exact) mass is 346 g/mol. The largest absolute Gasteiger partial charge is 0.467 e. The fourth-order valence-electron chi connectivity index (χ4n) is 2.71. The van der Waals surface area contributed by atoms with Crippen molar-refractivity contribution in [2.75, 3.05) is 19.8 Å². The molecule has 2 aromatic rings. The van der Waals surface area contributed by atoms with Crippen molar-refractivity contribution in [2.24, 2.45) is 0 Å². The molecule has 1 aliphatic heterocycles. The number of carbonyl (C=O) groups is 3. The van der Waals surface area contributed by atoms with Crippen LogP contribution in [0.1, 0.15) is 27.5 Å². The maximum atomic E-state index is 12.3. The number of cyclic esters (lactones) is 1. The normalized spacial score (nSPS) is 13.8. The zero-order chi connectivity index (χ0) is 18.0. The summed E-state index contributed by atoms with van der Waals surface area (Å²) in [5.74, 6) is -0.440. The summed E-state index contributed by atoms with van der Waals surface area (Å²) in [7, 11) is 0. The van der Waals surface area contributed by atoms with Gasteiger partial charge >= 0.3 is 12.1 Å². The minimum Gasteiger partial charge on any atom is -0.467 e. The molecular formula is C17H18N2O6. The first-order valence-corrected chi connectivity index (χ1v) is 7.80. The van der Waals surface area contributed by atoms with Crippen LogP contribution in [0.15, 0.2) is 28.9 Å². The molecule has 0 bridgehead atoms. The molecule has 132 valence electrons. The van der Waals surface area contributed by atoms with Gasteiger partial charge in [-0.25, -0.2) is 14.5 Å². The zero-order valence-electron chi connectivity index (χ0n) is 14.0. The quantitative estimate of drug-likeness (QED) is 0.768. The van der Waals surface area contributed by atoms with Crippen molar-refractivity contribution in [3.8, 4) is 0 Å². The van der Waals surface area contributed by atoms with Crippen molar-refractivity contribution in [3.63, 3.8) is 0 Å². The molecule has 0 aliphatic carbocycles. The van der Waals surface area contributed by atoms with Gasteiger partial charge in [-0.1, -0.05) is 0 Å². The summed E-state index contributed by atoms with van der Waals surface area (Å²) in [5.41, 5.74) is 1.96. The number of aromatic nitrogens is 1. The lowest BCUT2D eigenvalue weighted by molar-refractivity contribution is -0.131. The number of hydrogen-bond acceptors (Lipinski definition) is 6. The van der Waals surface area contributed by atoms with E-state index in [2.05, 4.69) is 4.74 Å². The number of hydrogen-bond donors (Lipinski definition) is 0. The molecule has 25 heavy (non-hydrogen) atoms. The second-order valence-corrected chi connectivity index (χ2v) is 5.69. The SMILES string of the molecule is Cc1cc(C(=O)OCC(=O)N2CCOC2=O)c(C)n1Cc1ccco1. The maximum absolute atomic E-state index is 12.3. The Balaban J connectivity index is 1.66. The van der Waals surface area contributed by atoms with Crippen LogP contribution in [0.25, 0.3) is 0 Å². The lowest BCUT2D eigenvalue weighted by Gasteiger charge is -2.11. The van der Waals surface area contributed by atoms with Gasteiger partial charge in [0.15, 0.2) is 6.61 Å². The summed E-state index contributed by atoms with van der Waals surface area (Å²) >= 11 is 0. The van der Waals surface area contributed by atoms with Crippen LogP contribution in [0.4, 0.5) is 4.79 Å². The lowest BCUT2D eigenvalue weighted by atomic mass is 10.2. The number of amides is 2. The second-order valence-electron chi connectivity index (χ2n) is 5.69. The van der Waals surface area contributed by atoms with Crippen LogP contribution in [-0.2, 0) is 20.8 Å². The van der Waals surface area contributed by atoms with E-state index in [1.165, 1.54) is 0 Å². The summed E-state index contributed by atoms with van der Waals surface area (Å²) < 4.78 is 17.0. The van der Waals surface area contributed by atoms with E-state index in [9.17, 15) is 14.4 Å². The molecule has 0 saturated carbocycles. The van der Waals surface area contributed by atoms with E-state index in [1.54, 1.807) is 25.3 Å². The smallest absolute Gasteiger partial charge is 0.416 e. The van der Waals surface area contributed by atoms with E-state index in [0.717, 1.165) is 16.4 Å². The number of aryl methyl sites for hydroxylation is 1. The van der Waals surface area contributed by atoms with Crippen LogP contribution < -0.4 is 0 Å². The Kier molecular flexibility index (Phi) is 4.60. The van der Waals surface area contributed by atoms with E-state index >= 15 is 0 Å². The second kappa shape index (κ2) is 6.84. The first-order chi connectivity index (χ1) is 12.0. The van der Waals surface area contributed by atoms with Crippen LogP contribution in [0.2, 0.25) is 0 Å². The van der Waals surface area contributed by atoms with E-state index in [4.69, 9.17) is 9.15 Å². The van der Waals surface area contributed by atoms with Gasteiger partial charge in [-0.15, -0.1) is 0 Å². The number of rotatable bonds is 5. The predicted octanol–water partition coefficient (Wildman–Crippen LogP) is 1.88. The van der Waals surface area contributed by atoms with Crippen molar-refractivity contribution < 1.29 is 28.3 Å². The molecule has 0 atom stereocenters. The highest BCUT2D eigenvalue weighted by Crippen LogP contribution is 2.18. The molecule has 8 nitrogen and oxygen atoms in total. The van der Waals surface area contributed by atoms with Crippen LogP contribution in [0, 0.1) is 13.8 Å². The fourth-order valence-corrected chi connectivity index (χ4v) is 2.71.